The van der Waals surface area contributed by atoms with Gasteiger partial charge < -0.3 is 14.5 Å². The Bertz CT molecular complexity index is 1110. The Morgan fingerprint density at radius 3 is 2.59 bits per heavy atom. The summed E-state index contributed by atoms with van der Waals surface area (Å²) in [6, 6.07) is 10.0. The Hall–Kier alpha value is -3.00. The molecular formula is C24H30N6O2. The molecule has 168 valence electrons. The largest absolute Gasteiger partial charge is 0.377 e. The van der Waals surface area contributed by atoms with E-state index in [9.17, 15) is 4.79 Å². The fourth-order valence-electron chi connectivity index (χ4n) is 4.64. The molecule has 0 spiro atoms. The number of ether oxygens (including phenoxy) is 1. The number of carbonyl (C=O) groups excluding carboxylic acids is 1. The molecule has 1 aliphatic carbocycles. The molecule has 0 atom stereocenters. The zero-order chi connectivity index (χ0) is 22.1. The number of anilines is 1. The first kappa shape index (κ1) is 20.9. The van der Waals surface area contributed by atoms with E-state index in [0.29, 0.717) is 18.3 Å². The highest BCUT2D eigenvalue weighted by Crippen LogP contribution is 2.31. The van der Waals surface area contributed by atoms with Crippen LogP contribution in [0.3, 0.4) is 0 Å². The lowest BCUT2D eigenvalue weighted by molar-refractivity contribution is -0.137. The zero-order valence-corrected chi connectivity index (χ0v) is 18.8. The number of aromatic nitrogens is 4. The van der Waals surface area contributed by atoms with Crippen LogP contribution in [0.1, 0.15) is 37.2 Å². The van der Waals surface area contributed by atoms with E-state index in [1.54, 1.807) is 7.11 Å². The number of fused-ring (bicyclic) bond motifs is 1. The van der Waals surface area contributed by atoms with Gasteiger partial charge in [0.25, 0.3) is 0 Å². The van der Waals surface area contributed by atoms with Gasteiger partial charge in [-0.3, -0.25) is 4.79 Å². The molecule has 0 unspecified atom stereocenters. The second kappa shape index (κ2) is 8.86. The normalized spacial score (nSPS) is 17.4. The molecule has 2 fully saturated rings. The Kier molecular flexibility index (Phi) is 5.78. The van der Waals surface area contributed by atoms with Crippen LogP contribution in [0.25, 0.3) is 16.7 Å². The summed E-state index contributed by atoms with van der Waals surface area (Å²) in [5.74, 6) is 2.10. The fourth-order valence-corrected chi connectivity index (χ4v) is 4.64. The molecule has 1 aliphatic heterocycles. The predicted molar refractivity (Wildman–Crippen MR) is 123 cm³/mol. The number of carbonyl (C=O) groups is 1. The lowest BCUT2D eigenvalue weighted by atomic mass is 9.84. The van der Waals surface area contributed by atoms with Crippen LogP contribution in [0.2, 0.25) is 0 Å². The molecule has 3 aromatic rings. The topological polar surface area (TPSA) is 76.4 Å². The molecule has 8 heteroatoms. The summed E-state index contributed by atoms with van der Waals surface area (Å²) >= 11 is 0. The van der Waals surface area contributed by atoms with Gasteiger partial charge >= 0.3 is 0 Å². The fraction of sp³-hybridized carbons (Fsp3) is 0.500. The van der Waals surface area contributed by atoms with E-state index in [2.05, 4.69) is 9.80 Å². The first-order valence-corrected chi connectivity index (χ1v) is 11.5. The van der Waals surface area contributed by atoms with Crippen molar-refractivity contribution in [2.24, 2.45) is 5.92 Å². The number of nitrogens with zero attached hydrogens (tertiary/aromatic N) is 6. The van der Waals surface area contributed by atoms with Gasteiger partial charge in [-0.15, -0.1) is 0 Å². The molecule has 1 saturated carbocycles. The highest BCUT2D eigenvalue weighted by molar-refractivity contribution is 5.91. The number of rotatable bonds is 5. The van der Waals surface area contributed by atoms with Gasteiger partial charge in [0, 0.05) is 39.2 Å². The van der Waals surface area contributed by atoms with E-state index in [0.717, 1.165) is 73.7 Å². The summed E-state index contributed by atoms with van der Waals surface area (Å²) in [7, 11) is 1.66. The molecule has 5 rings (SSSR count). The lowest BCUT2D eigenvalue weighted by Gasteiger charge is -2.31. The van der Waals surface area contributed by atoms with E-state index in [4.69, 9.17) is 19.8 Å². The lowest BCUT2D eigenvalue weighted by Crippen LogP contribution is -2.41. The van der Waals surface area contributed by atoms with Crippen LogP contribution in [0.15, 0.2) is 30.3 Å². The molecule has 0 N–H and O–H groups in total. The number of hydrogen-bond donors (Lipinski definition) is 0. The number of aryl methyl sites for hydroxylation is 1. The minimum atomic E-state index is 0.243. The average Bonchev–Trinajstić information content (AvgIpc) is 2.94. The second-order valence-electron chi connectivity index (χ2n) is 8.72. The van der Waals surface area contributed by atoms with Crippen LogP contribution >= 0.6 is 0 Å². The third-order valence-corrected chi connectivity index (χ3v) is 6.57. The van der Waals surface area contributed by atoms with E-state index in [1.807, 2.05) is 41.9 Å². The van der Waals surface area contributed by atoms with Crippen molar-refractivity contribution in [1.29, 1.82) is 0 Å². The monoisotopic (exact) mass is 434 g/mol. The molecule has 2 aromatic heterocycles. The molecular weight excluding hydrogens is 404 g/mol. The smallest absolute Gasteiger partial charge is 0.225 e. The first-order chi connectivity index (χ1) is 15.7. The van der Waals surface area contributed by atoms with Gasteiger partial charge in [-0.05, 0) is 38.3 Å². The van der Waals surface area contributed by atoms with Crippen LogP contribution in [0, 0.1) is 12.8 Å². The van der Waals surface area contributed by atoms with Crippen molar-refractivity contribution in [3.05, 3.63) is 41.9 Å². The van der Waals surface area contributed by atoms with Crippen LogP contribution in [0.4, 0.5) is 5.82 Å². The van der Waals surface area contributed by atoms with E-state index in [-0.39, 0.29) is 5.92 Å². The minimum Gasteiger partial charge on any atom is -0.377 e. The molecule has 0 bridgehead atoms. The average molecular weight is 435 g/mol. The summed E-state index contributed by atoms with van der Waals surface area (Å²) in [6.07, 6.45) is 4.20. The van der Waals surface area contributed by atoms with Gasteiger partial charge in [-0.1, -0.05) is 24.6 Å². The number of hydrogen-bond acceptors (Lipinski definition) is 6. The van der Waals surface area contributed by atoms with Crippen molar-refractivity contribution in [2.45, 2.75) is 39.2 Å². The zero-order valence-electron chi connectivity index (χ0n) is 18.8. The molecule has 1 aromatic carbocycles. The molecule has 0 radical (unpaired) electrons. The Morgan fingerprint density at radius 1 is 1.06 bits per heavy atom. The Morgan fingerprint density at radius 2 is 1.88 bits per heavy atom. The number of para-hydroxylation sites is 1. The van der Waals surface area contributed by atoms with Crippen molar-refractivity contribution in [3.8, 4) is 5.69 Å². The molecule has 32 heavy (non-hydrogen) atoms. The summed E-state index contributed by atoms with van der Waals surface area (Å²) in [6.45, 7) is 5.49. The van der Waals surface area contributed by atoms with Gasteiger partial charge in [0.2, 0.25) is 5.91 Å². The highest BCUT2D eigenvalue weighted by atomic mass is 16.5. The highest BCUT2D eigenvalue weighted by Gasteiger charge is 2.31. The maximum Gasteiger partial charge on any atom is 0.225 e. The standard InChI is InChI=1S/C24H30N6O2/c1-17-21-22(28-12-7-13-29(15-14-28)24(31)18-8-6-9-18)25-20(16-32-2)26-23(21)30(27-17)19-10-4-3-5-11-19/h3-5,10-11,18H,6-9,12-16H2,1-2H3. The number of methoxy groups -OCH3 is 1. The quantitative estimate of drug-likeness (QED) is 0.614. The van der Waals surface area contributed by atoms with Crippen molar-refractivity contribution < 1.29 is 9.53 Å². The van der Waals surface area contributed by atoms with E-state index >= 15 is 0 Å². The summed E-state index contributed by atoms with van der Waals surface area (Å²) < 4.78 is 7.25. The van der Waals surface area contributed by atoms with Gasteiger partial charge in [-0.25, -0.2) is 14.6 Å². The van der Waals surface area contributed by atoms with Crippen molar-refractivity contribution in [1.82, 2.24) is 24.6 Å². The molecule has 1 amide bonds. The van der Waals surface area contributed by atoms with Gasteiger partial charge in [0.05, 0.1) is 16.8 Å². The first-order valence-electron chi connectivity index (χ1n) is 11.5. The Labute approximate surface area is 188 Å². The predicted octanol–water partition coefficient (Wildman–Crippen LogP) is 3.11. The van der Waals surface area contributed by atoms with Gasteiger partial charge in [0.1, 0.15) is 12.4 Å². The third-order valence-electron chi connectivity index (χ3n) is 6.57. The second-order valence-corrected chi connectivity index (χ2v) is 8.72. The van der Waals surface area contributed by atoms with Crippen molar-refractivity contribution >= 4 is 22.8 Å². The van der Waals surface area contributed by atoms with Crippen LogP contribution in [-0.2, 0) is 16.1 Å². The minimum absolute atomic E-state index is 0.243. The third kappa shape index (κ3) is 3.83. The SMILES string of the molecule is COCc1nc(N2CCCN(C(=O)C3CCC3)CC2)c2c(C)nn(-c3ccccc3)c2n1. The Balaban J connectivity index is 1.51. The number of benzene rings is 1. The van der Waals surface area contributed by atoms with Crippen LogP contribution in [0.5, 0.6) is 0 Å². The molecule has 3 heterocycles. The number of amides is 1. The van der Waals surface area contributed by atoms with Gasteiger partial charge in [0.15, 0.2) is 11.5 Å². The van der Waals surface area contributed by atoms with Crippen molar-refractivity contribution in [3.63, 3.8) is 0 Å². The maximum absolute atomic E-state index is 12.8. The molecule has 2 aliphatic rings. The van der Waals surface area contributed by atoms with E-state index in [1.165, 1.54) is 6.42 Å². The van der Waals surface area contributed by atoms with Crippen LogP contribution < -0.4 is 4.90 Å². The maximum atomic E-state index is 12.8. The molecule has 8 nitrogen and oxygen atoms in total. The summed E-state index contributed by atoms with van der Waals surface area (Å²) in [4.78, 5) is 26.8. The summed E-state index contributed by atoms with van der Waals surface area (Å²) in [5, 5.41) is 5.77. The van der Waals surface area contributed by atoms with Crippen LogP contribution in [-0.4, -0.2) is 63.8 Å². The molecule has 1 saturated heterocycles. The summed E-state index contributed by atoms with van der Waals surface area (Å²) in [5.41, 5.74) is 2.65. The van der Waals surface area contributed by atoms with Gasteiger partial charge in [-0.2, -0.15) is 5.10 Å². The van der Waals surface area contributed by atoms with E-state index < -0.39 is 0 Å². The van der Waals surface area contributed by atoms with Crippen molar-refractivity contribution in [2.75, 3.05) is 38.2 Å².